The average Bonchev–Trinajstić information content (AvgIpc) is 2.28. The molecule has 100 valence electrons. The molecule has 0 aliphatic heterocycles. The first-order valence-electron chi connectivity index (χ1n) is 6.80. The number of benzene rings is 1. The van der Waals surface area contributed by atoms with Crippen LogP contribution < -0.4 is 0 Å². The van der Waals surface area contributed by atoms with Crippen LogP contribution in [-0.4, -0.2) is 19.6 Å². The topological polar surface area (TPSA) is 0 Å². The van der Waals surface area contributed by atoms with E-state index in [1.54, 1.807) is 0 Å². The van der Waals surface area contributed by atoms with Gasteiger partial charge in [-0.25, -0.2) is 0 Å². The number of hydrogen-bond donors (Lipinski definition) is 0. The summed E-state index contributed by atoms with van der Waals surface area (Å²) in [6, 6.07) is 10.6. The Kier molecular flexibility index (Phi) is 7.56. The summed E-state index contributed by atoms with van der Waals surface area (Å²) in [5.74, 6) is 1.70. The van der Waals surface area contributed by atoms with Crippen molar-refractivity contribution in [3.8, 4) is 0 Å². The summed E-state index contributed by atoms with van der Waals surface area (Å²) in [5, 5.41) is 0. The van der Waals surface area contributed by atoms with Gasteiger partial charge in [-0.1, -0.05) is 0 Å². The van der Waals surface area contributed by atoms with Gasteiger partial charge in [-0.05, 0) is 0 Å². The van der Waals surface area contributed by atoms with Crippen LogP contribution in [0.3, 0.4) is 0 Å². The summed E-state index contributed by atoms with van der Waals surface area (Å²) in [4.78, 5) is 0. The molecular weight excluding hydrogens is 332 g/mol. The molecule has 1 aromatic rings. The summed E-state index contributed by atoms with van der Waals surface area (Å²) in [5.41, 5.74) is 1.31. The van der Waals surface area contributed by atoms with Crippen LogP contribution in [0, 0.1) is 16.3 Å². The van der Waals surface area contributed by atoms with Crippen LogP contribution in [0.4, 0.5) is 0 Å². The summed E-state index contributed by atoms with van der Waals surface area (Å²) >= 11 is -1.02. The molecule has 1 aromatic carbocycles. The SMILES string of the molecule is CC(C)C[Te+]([CH-]/C=C/c1ccccc1)CC(C)C. The molecule has 0 aliphatic carbocycles. The van der Waals surface area contributed by atoms with E-state index in [4.69, 9.17) is 0 Å². The quantitative estimate of drug-likeness (QED) is 0.461. The molecule has 0 atom stereocenters. The Morgan fingerprint density at radius 3 is 2.06 bits per heavy atom. The fourth-order valence-corrected chi connectivity index (χ4v) is 8.63. The second kappa shape index (κ2) is 8.67. The summed E-state index contributed by atoms with van der Waals surface area (Å²) in [6.45, 7) is 9.40. The van der Waals surface area contributed by atoms with Crippen molar-refractivity contribution in [2.75, 3.05) is 0 Å². The minimum atomic E-state index is -1.02. The first-order valence-corrected chi connectivity index (χ1v) is 11.4. The zero-order valence-corrected chi connectivity index (χ0v) is 14.4. The first kappa shape index (κ1) is 15.7. The predicted molar refractivity (Wildman–Crippen MR) is 84.8 cm³/mol. The first-order chi connectivity index (χ1) is 8.58. The van der Waals surface area contributed by atoms with E-state index in [2.05, 4.69) is 74.6 Å². The predicted octanol–water partition coefficient (Wildman–Crippen LogP) is 5.25. The second-order valence-corrected chi connectivity index (χ2v) is 11.3. The molecule has 0 saturated carbocycles. The monoisotopic (exact) mass is 360 g/mol. The van der Waals surface area contributed by atoms with E-state index in [0.717, 1.165) is 11.8 Å². The van der Waals surface area contributed by atoms with Crippen molar-refractivity contribution < 1.29 is 0 Å². The van der Waals surface area contributed by atoms with Gasteiger partial charge in [-0.2, -0.15) is 0 Å². The molecule has 0 heterocycles. The van der Waals surface area contributed by atoms with Crippen LogP contribution in [0.1, 0.15) is 33.3 Å². The van der Waals surface area contributed by atoms with E-state index in [1.165, 1.54) is 14.5 Å². The molecule has 1 rings (SSSR count). The Bertz CT molecular complexity index is 328. The summed E-state index contributed by atoms with van der Waals surface area (Å²) in [6.07, 6.45) is 4.55. The maximum atomic E-state index is 2.55. The van der Waals surface area contributed by atoms with E-state index in [0.29, 0.717) is 0 Å². The number of rotatable bonds is 7. The third-order valence-electron chi connectivity index (χ3n) is 2.45. The second-order valence-electron chi connectivity index (χ2n) is 5.56. The van der Waals surface area contributed by atoms with Gasteiger partial charge in [-0.15, -0.1) is 0 Å². The molecule has 0 bridgehead atoms. The Balaban J connectivity index is 2.48. The van der Waals surface area contributed by atoms with Gasteiger partial charge in [-0.3, -0.25) is 0 Å². The Morgan fingerprint density at radius 2 is 1.56 bits per heavy atom. The van der Waals surface area contributed by atoms with Crippen molar-refractivity contribution >= 4 is 25.6 Å². The van der Waals surface area contributed by atoms with Crippen LogP contribution in [0.2, 0.25) is 8.94 Å². The summed E-state index contributed by atoms with van der Waals surface area (Å²) < 4.78 is 5.47. The summed E-state index contributed by atoms with van der Waals surface area (Å²) in [7, 11) is 0. The van der Waals surface area contributed by atoms with Gasteiger partial charge in [0.05, 0.1) is 0 Å². The molecule has 0 aromatic heterocycles. The van der Waals surface area contributed by atoms with Crippen molar-refractivity contribution in [3.05, 3.63) is 46.4 Å². The minimum absolute atomic E-state index is 0.849. The maximum absolute atomic E-state index is 2.55. The molecule has 0 N–H and O–H groups in total. The van der Waals surface area contributed by atoms with Gasteiger partial charge in [0.15, 0.2) is 0 Å². The average molecular weight is 358 g/mol. The Labute approximate surface area is 120 Å². The standard InChI is InChI=1S/C17H26Te/c1-15(2)13-18(14-16(3)4)12-8-11-17-9-6-5-7-10-17/h5-12,15-16H,13-14H2,1-4H3/b11-8+. The van der Waals surface area contributed by atoms with E-state index < -0.39 is 19.6 Å². The fraction of sp³-hybridized carbons (Fsp3) is 0.471. The molecule has 1 heteroatoms. The fourth-order valence-electron chi connectivity index (χ4n) is 1.86. The van der Waals surface area contributed by atoms with E-state index >= 15 is 0 Å². The zero-order valence-electron chi connectivity index (χ0n) is 12.1. The molecule has 0 amide bonds. The molecule has 0 saturated heterocycles. The van der Waals surface area contributed by atoms with Crippen LogP contribution in [0.25, 0.3) is 6.08 Å². The zero-order chi connectivity index (χ0) is 13.4. The van der Waals surface area contributed by atoms with Crippen LogP contribution >= 0.6 is 0 Å². The normalized spacial score (nSPS) is 11.9. The Hall–Kier alpha value is -0.380. The van der Waals surface area contributed by atoms with Gasteiger partial charge >= 0.3 is 121 Å². The molecular formula is C17H26Te. The van der Waals surface area contributed by atoms with E-state index in [1.807, 2.05) is 0 Å². The van der Waals surface area contributed by atoms with Crippen LogP contribution in [0.5, 0.6) is 0 Å². The molecule has 0 radical (unpaired) electrons. The molecule has 0 fully saturated rings. The molecule has 0 unspecified atom stereocenters. The van der Waals surface area contributed by atoms with E-state index in [-0.39, 0.29) is 0 Å². The van der Waals surface area contributed by atoms with Gasteiger partial charge in [0, 0.05) is 0 Å². The van der Waals surface area contributed by atoms with Crippen LogP contribution in [0.15, 0.2) is 36.4 Å². The third kappa shape index (κ3) is 7.14. The molecule has 0 nitrogen and oxygen atoms in total. The van der Waals surface area contributed by atoms with Crippen molar-refractivity contribution in [2.24, 2.45) is 11.8 Å². The molecule has 0 spiro atoms. The van der Waals surface area contributed by atoms with Gasteiger partial charge in [0.25, 0.3) is 0 Å². The van der Waals surface area contributed by atoms with Gasteiger partial charge in [0.1, 0.15) is 0 Å². The van der Waals surface area contributed by atoms with Crippen molar-refractivity contribution in [1.82, 2.24) is 0 Å². The van der Waals surface area contributed by atoms with Gasteiger partial charge < -0.3 is 0 Å². The van der Waals surface area contributed by atoms with Crippen molar-refractivity contribution in [2.45, 2.75) is 36.6 Å². The molecule has 18 heavy (non-hydrogen) atoms. The number of hydrogen-bond acceptors (Lipinski definition) is 0. The number of allylic oxidation sites excluding steroid dienone is 1. The van der Waals surface area contributed by atoms with Crippen molar-refractivity contribution in [3.63, 3.8) is 0 Å². The Morgan fingerprint density at radius 1 is 1.00 bits per heavy atom. The van der Waals surface area contributed by atoms with Crippen molar-refractivity contribution in [1.29, 1.82) is 0 Å². The molecule has 0 aliphatic rings. The van der Waals surface area contributed by atoms with E-state index in [9.17, 15) is 0 Å². The van der Waals surface area contributed by atoms with Gasteiger partial charge in [0.2, 0.25) is 0 Å². The third-order valence-corrected chi connectivity index (χ3v) is 10.3. The van der Waals surface area contributed by atoms with Crippen LogP contribution in [-0.2, 0) is 0 Å².